The summed E-state index contributed by atoms with van der Waals surface area (Å²) in [5.41, 5.74) is 15.5. The summed E-state index contributed by atoms with van der Waals surface area (Å²) in [4.78, 5) is 0.964. The van der Waals surface area contributed by atoms with Gasteiger partial charge in [0.05, 0.1) is 0 Å². The van der Waals surface area contributed by atoms with E-state index in [-0.39, 0.29) is 0 Å². The molecule has 56 heavy (non-hydrogen) atoms. The Morgan fingerprint density at radius 3 is 1.20 bits per heavy atom. The van der Waals surface area contributed by atoms with Crippen LogP contribution in [0, 0.1) is 6.92 Å². The zero-order valence-corrected chi connectivity index (χ0v) is 32.0. The van der Waals surface area contributed by atoms with Crippen molar-refractivity contribution in [2.75, 3.05) is 0 Å². The highest BCUT2D eigenvalue weighted by atomic mass is 32.1. The zero-order valence-electron chi connectivity index (χ0n) is 31.1. The summed E-state index contributed by atoms with van der Waals surface area (Å²) in [5.74, 6) is 0. The van der Waals surface area contributed by atoms with Crippen LogP contribution in [0.15, 0.2) is 211 Å². The molecule has 0 aliphatic carbocycles. The van der Waals surface area contributed by atoms with Crippen molar-refractivity contribution in [3.05, 3.63) is 212 Å². The normalized spacial score (nSPS) is 11.4. The Balaban J connectivity index is 0.990. The molecule has 10 aromatic carbocycles. The summed E-state index contributed by atoms with van der Waals surface area (Å²) >= 11 is 5.00. The maximum Gasteiger partial charge on any atom is 0.0119 e. The van der Waals surface area contributed by atoms with E-state index in [9.17, 15) is 0 Å². The summed E-state index contributed by atoms with van der Waals surface area (Å²) in [6, 6.07) is 75.1. The van der Waals surface area contributed by atoms with Gasteiger partial charge in [0, 0.05) is 4.90 Å². The van der Waals surface area contributed by atoms with Crippen molar-refractivity contribution in [3.8, 4) is 66.8 Å². The van der Waals surface area contributed by atoms with Crippen LogP contribution in [0.4, 0.5) is 0 Å². The Morgan fingerprint density at radius 1 is 0.250 bits per heavy atom. The largest absolute Gasteiger partial charge is 0.143 e. The van der Waals surface area contributed by atoms with Crippen LogP contribution in [0.5, 0.6) is 0 Å². The average molecular weight is 731 g/mol. The summed E-state index contributed by atoms with van der Waals surface area (Å²) in [5, 5.41) is 7.75. The first kappa shape index (κ1) is 33.9. The standard InChI is InChI=1S/C55H38S/c1-36-21-22-44(42-15-10-16-43(32-42)45-27-29-51-49-19-6-5-17-47(49)48-18-7-8-20-50(48)53(51)34-45)33-52(36)54-35-46(28-30-55(54)56)41-14-9-13-40(31-41)39-25-23-38(24-26-39)37-11-3-2-4-12-37/h2-35,56H,1H3. The van der Waals surface area contributed by atoms with Gasteiger partial charge >= 0.3 is 0 Å². The summed E-state index contributed by atoms with van der Waals surface area (Å²) in [7, 11) is 0. The van der Waals surface area contributed by atoms with Gasteiger partial charge in [-0.3, -0.25) is 0 Å². The van der Waals surface area contributed by atoms with Crippen molar-refractivity contribution in [3.63, 3.8) is 0 Å². The van der Waals surface area contributed by atoms with Crippen LogP contribution in [0.25, 0.3) is 99.1 Å². The third-order valence-electron chi connectivity index (χ3n) is 11.3. The van der Waals surface area contributed by atoms with Gasteiger partial charge in [-0.25, -0.2) is 0 Å². The van der Waals surface area contributed by atoms with E-state index in [1.165, 1.54) is 99.1 Å². The van der Waals surface area contributed by atoms with Gasteiger partial charge in [0.15, 0.2) is 0 Å². The Labute approximate surface area is 333 Å². The molecule has 0 N–H and O–H groups in total. The van der Waals surface area contributed by atoms with Gasteiger partial charge in [0.2, 0.25) is 0 Å². The lowest BCUT2D eigenvalue weighted by molar-refractivity contribution is 1.39. The smallest absolute Gasteiger partial charge is 0.0119 e. The van der Waals surface area contributed by atoms with E-state index in [0.717, 1.165) is 10.5 Å². The molecule has 0 aromatic heterocycles. The van der Waals surface area contributed by atoms with Crippen LogP contribution >= 0.6 is 12.6 Å². The fourth-order valence-electron chi connectivity index (χ4n) is 8.35. The summed E-state index contributed by atoms with van der Waals surface area (Å²) in [6.45, 7) is 2.19. The Kier molecular flexibility index (Phi) is 8.58. The second-order valence-electron chi connectivity index (χ2n) is 14.7. The third-order valence-corrected chi connectivity index (χ3v) is 11.7. The maximum absolute atomic E-state index is 5.00. The number of thiol groups is 1. The van der Waals surface area contributed by atoms with Crippen molar-refractivity contribution in [1.29, 1.82) is 0 Å². The minimum absolute atomic E-state index is 0.964. The molecule has 0 aliphatic heterocycles. The molecule has 0 saturated heterocycles. The number of hydrogen-bond acceptors (Lipinski definition) is 1. The third kappa shape index (κ3) is 6.17. The highest BCUT2D eigenvalue weighted by Gasteiger charge is 2.13. The molecule has 0 fully saturated rings. The number of fused-ring (bicyclic) bond motifs is 6. The zero-order chi connectivity index (χ0) is 37.6. The van der Waals surface area contributed by atoms with E-state index in [0.29, 0.717) is 0 Å². The van der Waals surface area contributed by atoms with E-state index in [1.807, 2.05) is 0 Å². The van der Waals surface area contributed by atoms with E-state index in [1.54, 1.807) is 0 Å². The van der Waals surface area contributed by atoms with Crippen molar-refractivity contribution in [2.45, 2.75) is 11.8 Å². The molecular weight excluding hydrogens is 693 g/mol. The van der Waals surface area contributed by atoms with Crippen LogP contribution in [0.2, 0.25) is 0 Å². The number of rotatable bonds is 6. The molecule has 0 bridgehead atoms. The lowest BCUT2D eigenvalue weighted by Crippen LogP contribution is -1.90. The second-order valence-corrected chi connectivity index (χ2v) is 15.2. The van der Waals surface area contributed by atoms with E-state index in [2.05, 4.69) is 213 Å². The molecule has 0 unspecified atom stereocenters. The predicted molar refractivity (Wildman–Crippen MR) is 244 cm³/mol. The van der Waals surface area contributed by atoms with Gasteiger partial charge in [-0.1, -0.05) is 170 Å². The Bertz CT molecular complexity index is 3050. The van der Waals surface area contributed by atoms with Gasteiger partial charge in [-0.2, -0.15) is 0 Å². The fraction of sp³-hybridized carbons (Fsp3) is 0.0182. The summed E-state index contributed by atoms with van der Waals surface area (Å²) in [6.07, 6.45) is 0. The molecule has 0 saturated carbocycles. The van der Waals surface area contributed by atoms with Crippen LogP contribution in [0.3, 0.4) is 0 Å². The molecule has 0 radical (unpaired) electrons. The summed E-state index contributed by atoms with van der Waals surface area (Å²) < 4.78 is 0. The average Bonchev–Trinajstić information content (AvgIpc) is 3.27. The monoisotopic (exact) mass is 730 g/mol. The predicted octanol–water partition coefficient (Wildman–Crippen LogP) is 15.7. The molecule has 0 aliphatic rings. The Hall–Kier alpha value is -6.67. The number of benzene rings is 10. The van der Waals surface area contributed by atoms with Gasteiger partial charge in [-0.05, 0) is 148 Å². The molecule has 0 amide bonds. The molecule has 10 rings (SSSR count). The highest BCUT2D eigenvalue weighted by Crippen LogP contribution is 2.40. The van der Waals surface area contributed by atoms with E-state index >= 15 is 0 Å². The van der Waals surface area contributed by atoms with Crippen LogP contribution < -0.4 is 0 Å². The van der Waals surface area contributed by atoms with Crippen molar-refractivity contribution in [1.82, 2.24) is 0 Å². The molecule has 0 spiro atoms. The molecule has 0 nitrogen and oxygen atoms in total. The van der Waals surface area contributed by atoms with Crippen LogP contribution in [0.1, 0.15) is 5.56 Å². The number of hydrogen-bond donors (Lipinski definition) is 1. The molecule has 0 atom stereocenters. The number of aryl methyl sites for hydroxylation is 1. The first-order valence-electron chi connectivity index (χ1n) is 19.2. The quantitative estimate of drug-likeness (QED) is 0.128. The van der Waals surface area contributed by atoms with Gasteiger partial charge < -0.3 is 0 Å². The lowest BCUT2D eigenvalue weighted by atomic mass is 9.90. The minimum Gasteiger partial charge on any atom is -0.143 e. The first-order valence-corrected chi connectivity index (χ1v) is 19.7. The molecule has 0 heterocycles. The van der Waals surface area contributed by atoms with Crippen molar-refractivity contribution >= 4 is 44.9 Å². The van der Waals surface area contributed by atoms with E-state index in [4.69, 9.17) is 12.6 Å². The Morgan fingerprint density at radius 2 is 0.607 bits per heavy atom. The maximum atomic E-state index is 5.00. The lowest BCUT2D eigenvalue weighted by Gasteiger charge is -2.15. The first-order chi connectivity index (χ1) is 27.6. The molecule has 10 aromatic rings. The molecule has 1 heteroatoms. The van der Waals surface area contributed by atoms with Crippen molar-refractivity contribution < 1.29 is 0 Å². The minimum atomic E-state index is 0.964. The van der Waals surface area contributed by atoms with Gasteiger partial charge in [0.1, 0.15) is 0 Å². The highest BCUT2D eigenvalue weighted by molar-refractivity contribution is 7.80. The van der Waals surface area contributed by atoms with Crippen molar-refractivity contribution in [2.24, 2.45) is 0 Å². The van der Waals surface area contributed by atoms with Gasteiger partial charge in [-0.15, -0.1) is 12.6 Å². The SMILES string of the molecule is Cc1ccc(-c2cccc(-c3ccc4c5ccccc5c5ccccc5c4c3)c2)cc1-c1cc(-c2cccc(-c3ccc(-c4ccccc4)cc3)c2)ccc1S. The van der Waals surface area contributed by atoms with Crippen LogP contribution in [-0.4, -0.2) is 0 Å². The topological polar surface area (TPSA) is 0 Å². The molecule has 264 valence electrons. The fourth-order valence-corrected chi connectivity index (χ4v) is 8.61. The van der Waals surface area contributed by atoms with Gasteiger partial charge in [0.25, 0.3) is 0 Å². The molecular formula is C55H38S. The van der Waals surface area contributed by atoms with Crippen LogP contribution in [-0.2, 0) is 0 Å². The van der Waals surface area contributed by atoms with E-state index < -0.39 is 0 Å². The second kappa shape index (κ2) is 14.2.